The van der Waals surface area contributed by atoms with Crippen molar-refractivity contribution in [1.29, 1.82) is 0 Å². The van der Waals surface area contributed by atoms with Crippen molar-refractivity contribution in [3.63, 3.8) is 0 Å². The van der Waals surface area contributed by atoms with Gasteiger partial charge in [0.1, 0.15) is 5.75 Å². The van der Waals surface area contributed by atoms with Crippen molar-refractivity contribution in [2.45, 2.75) is 17.6 Å². The summed E-state index contributed by atoms with van der Waals surface area (Å²) in [6, 6.07) is 21.8. The van der Waals surface area contributed by atoms with Gasteiger partial charge in [0.05, 0.1) is 12.7 Å². The summed E-state index contributed by atoms with van der Waals surface area (Å²) in [5.41, 5.74) is 1.16. The fourth-order valence-corrected chi connectivity index (χ4v) is 3.49. The summed E-state index contributed by atoms with van der Waals surface area (Å²) < 4.78 is 32.7. The summed E-state index contributed by atoms with van der Waals surface area (Å²) >= 11 is 0. The number of sulfonamides is 1. The lowest BCUT2D eigenvalue weighted by Crippen LogP contribution is -2.14. The first-order valence-electron chi connectivity index (χ1n) is 9.03. The molecule has 3 aromatic rings. The number of rotatable bonds is 9. The van der Waals surface area contributed by atoms with E-state index in [1.165, 1.54) is 12.3 Å². The lowest BCUT2D eigenvalue weighted by Gasteiger charge is -2.09. The van der Waals surface area contributed by atoms with Crippen LogP contribution in [0, 0.1) is 6.07 Å². The molecule has 0 aliphatic carbocycles. The smallest absolute Gasteiger partial charge is 0.279 e. The Morgan fingerprint density at radius 2 is 2.00 bits per heavy atom. The molecule has 0 aliphatic rings. The fourth-order valence-electron chi connectivity index (χ4n) is 2.49. The number of ether oxygens (including phenoxy) is 1. The summed E-state index contributed by atoms with van der Waals surface area (Å²) in [5, 5.41) is 10.0. The molecular weight excluding hydrogens is 388 g/mol. The molecule has 149 valence electrons. The molecular formula is C22H21N2O4S. The third-order valence-corrected chi connectivity index (χ3v) is 5.21. The van der Waals surface area contributed by atoms with Gasteiger partial charge >= 0.3 is 0 Å². The minimum absolute atomic E-state index is 0.0490. The van der Waals surface area contributed by atoms with E-state index in [9.17, 15) is 13.5 Å². The van der Waals surface area contributed by atoms with Gasteiger partial charge in [-0.25, -0.2) is 4.98 Å². The van der Waals surface area contributed by atoms with E-state index in [-0.39, 0.29) is 5.03 Å². The minimum Gasteiger partial charge on any atom is -0.493 e. The highest BCUT2D eigenvalue weighted by Gasteiger charge is 2.15. The molecule has 7 heteroatoms. The van der Waals surface area contributed by atoms with Crippen molar-refractivity contribution >= 4 is 21.8 Å². The molecule has 2 aromatic carbocycles. The number of pyridine rings is 1. The van der Waals surface area contributed by atoms with Gasteiger partial charge in [-0.15, -0.1) is 0 Å². The standard InChI is InChI=1S/C22H21N2O4S/c25-20(14-16-28-21-9-2-1-3-10-21)13-12-18-7-6-8-19(17-18)24-29(26,27)22-11-4-5-15-23-22/h1-9,11-13,15,17,20,24-25H,14,16H2/b13-12+/t20-/m0/s1. The van der Waals surface area contributed by atoms with E-state index in [0.29, 0.717) is 24.5 Å². The van der Waals surface area contributed by atoms with E-state index in [1.807, 2.05) is 18.2 Å². The van der Waals surface area contributed by atoms with E-state index in [4.69, 9.17) is 4.74 Å². The Hall–Kier alpha value is -3.16. The summed E-state index contributed by atoms with van der Waals surface area (Å²) in [6.45, 7) is 0.357. The Morgan fingerprint density at radius 3 is 2.76 bits per heavy atom. The third kappa shape index (κ3) is 6.44. The number of anilines is 1. The maximum absolute atomic E-state index is 12.4. The van der Waals surface area contributed by atoms with Crippen LogP contribution in [0.3, 0.4) is 0 Å². The SMILES string of the molecule is O=S(=O)(Nc1cccc(/C=C/[C@H](O)CCOc2[c]cccc2)c1)c1ccccn1. The molecule has 3 rings (SSSR count). The number of aliphatic hydroxyl groups is 1. The van der Waals surface area contributed by atoms with Gasteiger partial charge in [0.15, 0.2) is 5.03 Å². The molecule has 0 aliphatic heterocycles. The first-order valence-corrected chi connectivity index (χ1v) is 10.5. The molecule has 1 radical (unpaired) electrons. The predicted octanol–water partition coefficient (Wildman–Crippen LogP) is 3.53. The second kappa shape index (κ2) is 9.86. The zero-order valence-corrected chi connectivity index (χ0v) is 16.4. The largest absolute Gasteiger partial charge is 0.493 e. The molecule has 0 unspecified atom stereocenters. The minimum atomic E-state index is -3.75. The number of nitrogens with one attached hydrogen (secondary N) is 1. The van der Waals surface area contributed by atoms with Crippen molar-refractivity contribution in [3.05, 3.63) is 90.6 Å². The molecule has 6 nitrogen and oxygen atoms in total. The average molecular weight is 409 g/mol. The number of hydrogen-bond acceptors (Lipinski definition) is 5. The van der Waals surface area contributed by atoms with Crippen molar-refractivity contribution in [2.75, 3.05) is 11.3 Å². The van der Waals surface area contributed by atoms with Gasteiger partial charge in [-0.3, -0.25) is 4.72 Å². The van der Waals surface area contributed by atoms with Gasteiger partial charge in [0, 0.05) is 24.4 Å². The van der Waals surface area contributed by atoms with Crippen LogP contribution in [0.25, 0.3) is 6.08 Å². The molecule has 0 bridgehead atoms. The quantitative estimate of drug-likeness (QED) is 0.564. The van der Waals surface area contributed by atoms with Crippen LogP contribution in [0.2, 0.25) is 0 Å². The molecule has 1 heterocycles. The van der Waals surface area contributed by atoms with Crippen LogP contribution in [0.5, 0.6) is 5.75 Å². The molecule has 1 aromatic heterocycles. The lowest BCUT2D eigenvalue weighted by molar-refractivity contribution is 0.179. The third-order valence-electron chi connectivity index (χ3n) is 3.91. The van der Waals surface area contributed by atoms with Crippen LogP contribution in [0.15, 0.2) is 84.0 Å². The lowest BCUT2D eigenvalue weighted by atomic mass is 10.1. The fraction of sp³-hybridized carbons (Fsp3) is 0.136. The zero-order chi connectivity index (χ0) is 20.5. The zero-order valence-electron chi connectivity index (χ0n) is 15.6. The Labute approximate surface area is 170 Å². The molecule has 29 heavy (non-hydrogen) atoms. The second-order valence-corrected chi connectivity index (χ2v) is 7.82. The van der Waals surface area contributed by atoms with Crippen molar-refractivity contribution in [2.24, 2.45) is 0 Å². The van der Waals surface area contributed by atoms with Crippen molar-refractivity contribution in [3.8, 4) is 5.75 Å². The summed E-state index contributed by atoms with van der Waals surface area (Å²) in [7, 11) is -3.75. The topological polar surface area (TPSA) is 88.5 Å². The normalized spacial score (nSPS) is 12.6. The highest BCUT2D eigenvalue weighted by atomic mass is 32.2. The number of aliphatic hydroxyl groups excluding tert-OH is 1. The van der Waals surface area contributed by atoms with Gasteiger partial charge in [0.2, 0.25) is 0 Å². The number of benzene rings is 2. The molecule has 0 amide bonds. The molecule has 0 saturated carbocycles. The van der Waals surface area contributed by atoms with Gasteiger partial charge in [-0.1, -0.05) is 48.6 Å². The van der Waals surface area contributed by atoms with Crippen LogP contribution in [0.1, 0.15) is 12.0 Å². The highest BCUT2D eigenvalue weighted by molar-refractivity contribution is 7.92. The average Bonchev–Trinajstić information content (AvgIpc) is 2.74. The molecule has 2 N–H and O–H groups in total. The Balaban J connectivity index is 1.56. The van der Waals surface area contributed by atoms with Crippen molar-refractivity contribution in [1.82, 2.24) is 4.98 Å². The van der Waals surface area contributed by atoms with Gasteiger partial charge in [0.25, 0.3) is 10.0 Å². The van der Waals surface area contributed by atoms with Gasteiger partial charge in [-0.2, -0.15) is 8.42 Å². The monoisotopic (exact) mass is 409 g/mol. The Morgan fingerprint density at radius 1 is 1.14 bits per heavy atom. The number of aromatic nitrogens is 1. The predicted molar refractivity (Wildman–Crippen MR) is 112 cm³/mol. The number of para-hydroxylation sites is 1. The van der Waals surface area contributed by atoms with E-state index in [2.05, 4.69) is 15.8 Å². The second-order valence-electron chi connectivity index (χ2n) is 6.19. The maximum atomic E-state index is 12.4. The van der Waals surface area contributed by atoms with Crippen LogP contribution < -0.4 is 9.46 Å². The Kier molecular flexibility index (Phi) is 6.99. The first-order chi connectivity index (χ1) is 14.0. The highest BCUT2D eigenvalue weighted by Crippen LogP contribution is 2.17. The van der Waals surface area contributed by atoms with Crippen LogP contribution in [0.4, 0.5) is 5.69 Å². The van der Waals surface area contributed by atoms with Crippen LogP contribution in [-0.4, -0.2) is 31.2 Å². The van der Waals surface area contributed by atoms with Crippen LogP contribution in [-0.2, 0) is 10.0 Å². The summed E-state index contributed by atoms with van der Waals surface area (Å²) in [5.74, 6) is 0.636. The van der Waals surface area contributed by atoms with Gasteiger partial charge < -0.3 is 9.84 Å². The molecule has 0 fully saturated rings. The van der Waals surface area contributed by atoms with E-state index < -0.39 is 16.1 Å². The number of nitrogens with zero attached hydrogens (tertiary/aromatic N) is 1. The Bertz CT molecular complexity index is 1040. The van der Waals surface area contributed by atoms with E-state index >= 15 is 0 Å². The van der Waals surface area contributed by atoms with E-state index in [1.54, 1.807) is 54.6 Å². The first kappa shape index (κ1) is 20.6. The summed E-state index contributed by atoms with van der Waals surface area (Å²) in [6.07, 6.45) is 4.54. The molecule has 1 atom stereocenters. The molecule has 0 spiro atoms. The summed E-state index contributed by atoms with van der Waals surface area (Å²) in [4.78, 5) is 3.87. The van der Waals surface area contributed by atoms with Crippen molar-refractivity contribution < 1.29 is 18.3 Å². The van der Waals surface area contributed by atoms with E-state index in [0.717, 1.165) is 5.56 Å². The number of hydrogen-bond donors (Lipinski definition) is 2. The maximum Gasteiger partial charge on any atom is 0.279 e. The van der Waals surface area contributed by atoms with Crippen LogP contribution >= 0.6 is 0 Å². The molecule has 0 saturated heterocycles. The van der Waals surface area contributed by atoms with Gasteiger partial charge in [-0.05, 0) is 35.9 Å².